The van der Waals surface area contributed by atoms with Crippen molar-refractivity contribution in [2.75, 3.05) is 31.1 Å². The topological polar surface area (TPSA) is 70.7 Å². The first-order valence-electron chi connectivity index (χ1n) is 11.3. The molecule has 1 aromatic rings. The number of aromatic amines is 1. The van der Waals surface area contributed by atoms with E-state index in [-0.39, 0.29) is 11.5 Å². The molecule has 164 valence electrons. The number of nitrogens with zero attached hydrogens (tertiary/aromatic N) is 3. The lowest BCUT2D eigenvalue weighted by atomic mass is 9.86. The molecule has 6 nitrogen and oxygen atoms in total. The van der Waals surface area contributed by atoms with Gasteiger partial charge in [-0.3, -0.25) is 9.69 Å². The van der Waals surface area contributed by atoms with Gasteiger partial charge in [-0.2, -0.15) is 5.26 Å². The Morgan fingerprint density at radius 3 is 2.37 bits per heavy atom. The average Bonchev–Trinajstić information content (AvgIpc) is 2.66. The van der Waals surface area contributed by atoms with Crippen molar-refractivity contribution < 1.29 is 14.5 Å². The maximum Gasteiger partial charge on any atom is 0.293 e. The molecule has 2 aliphatic rings. The van der Waals surface area contributed by atoms with Crippen LogP contribution in [0.2, 0.25) is 0 Å². The van der Waals surface area contributed by atoms with Crippen LogP contribution in [0, 0.1) is 23.2 Å². The number of ether oxygens (including phenoxy) is 1. The SMILES string of the molecule is CC(C)CC(=O)N1CCN(c2[nH+]c(CC(C)C)c3c(c2C#N)CC(C)(C)OC3)CC1. The fourth-order valence-electron chi connectivity index (χ4n) is 4.47. The number of hydrogen-bond acceptors (Lipinski definition) is 4. The lowest BCUT2D eigenvalue weighted by molar-refractivity contribution is -0.379. The van der Waals surface area contributed by atoms with E-state index in [0.29, 0.717) is 38.0 Å². The number of aromatic nitrogens is 1. The molecule has 3 heterocycles. The second-order valence-corrected chi connectivity index (χ2v) is 10.2. The van der Waals surface area contributed by atoms with Gasteiger partial charge in [0.2, 0.25) is 5.91 Å². The number of carbonyl (C=O) groups is 1. The van der Waals surface area contributed by atoms with Crippen LogP contribution in [0.25, 0.3) is 0 Å². The summed E-state index contributed by atoms with van der Waals surface area (Å²) in [5, 5.41) is 10.1. The van der Waals surface area contributed by atoms with Crippen LogP contribution in [0.3, 0.4) is 0 Å². The summed E-state index contributed by atoms with van der Waals surface area (Å²) in [6.45, 7) is 16.2. The van der Waals surface area contributed by atoms with Crippen molar-refractivity contribution in [2.24, 2.45) is 11.8 Å². The maximum absolute atomic E-state index is 12.4. The molecule has 3 rings (SSSR count). The zero-order valence-corrected chi connectivity index (χ0v) is 19.5. The third kappa shape index (κ3) is 4.95. The quantitative estimate of drug-likeness (QED) is 0.744. The van der Waals surface area contributed by atoms with Crippen LogP contribution < -0.4 is 9.88 Å². The lowest BCUT2D eigenvalue weighted by Crippen LogP contribution is -2.51. The number of hydrogen-bond donors (Lipinski definition) is 0. The standard InChI is InChI=1S/C24H36N4O2/c1-16(2)11-21-20-15-30-24(5,6)13-18(20)19(14-25)23(26-21)28-9-7-27(8-10-28)22(29)12-17(3)4/h16-17H,7-13,15H2,1-6H3/p+1. The number of nitriles is 1. The normalized spacial score (nSPS) is 18.5. The number of nitrogens with one attached hydrogen (secondary N) is 1. The Morgan fingerprint density at radius 1 is 1.13 bits per heavy atom. The number of anilines is 1. The van der Waals surface area contributed by atoms with Gasteiger partial charge in [-0.1, -0.05) is 27.7 Å². The third-order valence-corrected chi connectivity index (χ3v) is 6.00. The number of piperazine rings is 1. The predicted molar refractivity (Wildman–Crippen MR) is 117 cm³/mol. The van der Waals surface area contributed by atoms with Crippen LogP contribution in [0.5, 0.6) is 0 Å². The molecule has 1 fully saturated rings. The van der Waals surface area contributed by atoms with Gasteiger partial charge in [-0.25, -0.2) is 4.98 Å². The van der Waals surface area contributed by atoms with Crippen molar-refractivity contribution in [3.8, 4) is 6.07 Å². The molecule has 1 saturated heterocycles. The van der Waals surface area contributed by atoms with Gasteiger partial charge in [0.05, 0.1) is 25.3 Å². The number of amides is 1. The van der Waals surface area contributed by atoms with Gasteiger partial charge in [0.1, 0.15) is 30.4 Å². The highest BCUT2D eigenvalue weighted by atomic mass is 16.5. The molecule has 0 atom stereocenters. The Bertz CT molecular complexity index is 831. The highest BCUT2D eigenvalue weighted by Gasteiger charge is 2.36. The first-order chi connectivity index (χ1) is 14.1. The smallest absolute Gasteiger partial charge is 0.293 e. The molecule has 6 heteroatoms. The number of H-pyrrole nitrogens is 1. The van der Waals surface area contributed by atoms with Gasteiger partial charge in [0.25, 0.3) is 5.82 Å². The third-order valence-electron chi connectivity index (χ3n) is 6.00. The maximum atomic E-state index is 12.4. The minimum atomic E-state index is -0.270. The van der Waals surface area contributed by atoms with E-state index < -0.39 is 0 Å². The second-order valence-electron chi connectivity index (χ2n) is 10.2. The van der Waals surface area contributed by atoms with E-state index in [9.17, 15) is 10.1 Å². The first-order valence-corrected chi connectivity index (χ1v) is 11.3. The molecule has 0 radical (unpaired) electrons. The van der Waals surface area contributed by atoms with Crippen LogP contribution in [-0.4, -0.2) is 42.6 Å². The summed E-state index contributed by atoms with van der Waals surface area (Å²) in [7, 11) is 0. The van der Waals surface area contributed by atoms with E-state index in [1.54, 1.807) is 0 Å². The highest BCUT2D eigenvalue weighted by molar-refractivity contribution is 5.76. The summed E-state index contributed by atoms with van der Waals surface area (Å²) in [4.78, 5) is 20.3. The monoisotopic (exact) mass is 413 g/mol. The summed E-state index contributed by atoms with van der Waals surface area (Å²) in [5.41, 5.74) is 3.96. The number of fused-ring (bicyclic) bond motifs is 1. The lowest BCUT2D eigenvalue weighted by Gasteiger charge is -2.35. The molecular formula is C24H37N4O2+. The predicted octanol–water partition coefficient (Wildman–Crippen LogP) is 3.12. The van der Waals surface area contributed by atoms with Crippen molar-refractivity contribution in [2.45, 2.75) is 73.0 Å². The summed E-state index contributed by atoms with van der Waals surface area (Å²) >= 11 is 0. The van der Waals surface area contributed by atoms with Gasteiger partial charge >= 0.3 is 0 Å². The van der Waals surface area contributed by atoms with Crippen LogP contribution in [-0.2, 0) is 29.0 Å². The van der Waals surface area contributed by atoms with Gasteiger partial charge in [0.15, 0.2) is 0 Å². The Morgan fingerprint density at radius 2 is 1.80 bits per heavy atom. The molecule has 0 saturated carbocycles. The summed E-state index contributed by atoms with van der Waals surface area (Å²) in [5.74, 6) is 2.03. The molecule has 30 heavy (non-hydrogen) atoms. The summed E-state index contributed by atoms with van der Waals surface area (Å²) in [6, 6.07) is 2.49. The summed E-state index contributed by atoms with van der Waals surface area (Å²) < 4.78 is 6.08. The largest absolute Gasteiger partial charge is 0.370 e. The molecule has 0 unspecified atom stereocenters. The molecule has 1 amide bonds. The molecular weight excluding hydrogens is 376 g/mol. The van der Waals surface area contributed by atoms with Gasteiger partial charge in [0, 0.05) is 24.8 Å². The van der Waals surface area contributed by atoms with Crippen molar-refractivity contribution >= 4 is 11.7 Å². The van der Waals surface area contributed by atoms with Crippen LogP contribution in [0.4, 0.5) is 5.82 Å². The highest BCUT2D eigenvalue weighted by Crippen LogP contribution is 2.34. The Balaban J connectivity index is 1.91. The molecule has 0 bridgehead atoms. The van der Waals surface area contributed by atoms with Crippen LogP contribution in [0.1, 0.15) is 70.3 Å². The minimum Gasteiger partial charge on any atom is -0.370 e. The van der Waals surface area contributed by atoms with E-state index >= 15 is 0 Å². The first kappa shape index (κ1) is 22.6. The average molecular weight is 414 g/mol. The van der Waals surface area contributed by atoms with Gasteiger partial charge < -0.3 is 9.64 Å². The van der Waals surface area contributed by atoms with E-state index in [1.165, 1.54) is 5.69 Å². The Hall–Kier alpha value is -2.13. The molecule has 0 aromatic carbocycles. The van der Waals surface area contributed by atoms with Crippen LogP contribution in [0.15, 0.2) is 0 Å². The van der Waals surface area contributed by atoms with Crippen molar-refractivity contribution in [3.05, 3.63) is 22.4 Å². The van der Waals surface area contributed by atoms with Gasteiger partial charge in [-0.15, -0.1) is 0 Å². The number of carbonyl (C=O) groups excluding carboxylic acids is 1. The molecule has 1 aromatic heterocycles. The van der Waals surface area contributed by atoms with Crippen molar-refractivity contribution in [1.29, 1.82) is 5.26 Å². The van der Waals surface area contributed by atoms with E-state index in [1.807, 2.05) is 4.90 Å². The fourth-order valence-corrected chi connectivity index (χ4v) is 4.47. The van der Waals surface area contributed by atoms with Crippen molar-refractivity contribution in [1.82, 2.24) is 4.90 Å². The number of pyridine rings is 1. The second kappa shape index (κ2) is 8.93. The molecule has 2 aliphatic heterocycles. The minimum absolute atomic E-state index is 0.235. The zero-order chi connectivity index (χ0) is 22.1. The zero-order valence-electron chi connectivity index (χ0n) is 19.5. The van der Waals surface area contributed by atoms with Crippen molar-refractivity contribution in [3.63, 3.8) is 0 Å². The van der Waals surface area contributed by atoms with Crippen LogP contribution >= 0.6 is 0 Å². The molecule has 0 spiro atoms. The molecule has 0 aliphatic carbocycles. The number of rotatable bonds is 5. The summed E-state index contributed by atoms with van der Waals surface area (Å²) in [6.07, 6.45) is 2.27. The molecule has 1 N–H and O–H groups in total. The van der Waals surface area contributed by atoms with Gasteiger partial charge in [-0.05, 0) is 31.2 Å². The van der Waals surface area contributed by atoms with E-state index in [4.69, 9.17) is 4.74 Å². The fraction of sp³-hybridized carbons (Fsp3) is 0.708. The van der Waals surface area contributed by atoms with E-state index in [0.717, 1.165) is 48.4 Å². The van der Waals surface area contributed by atoms with E-state index in [2.05, 4.69) is 57.5 Å². The Kier molecular flexibility index (Phi) is 6.71. The Labute approximate surface area is 181 Å².